The van der Waals surface area contributed by atoms with Crippen LogP contribution in [-0.4, -0.2) is 51.0 Å². The van der Waals surface area contributed by atoms with E-state index >= 15 is 0 Å². The Morgan fingerprint density at radius 2 is 1.53 bits per heavy atom. The molecule has 202 valence electrons. The van der Waals surface area contributed by atoms with Crippen LogP contribution in [-0.2, 0) is 32.6 Å². The molecule has 0 bridgehead atoms. The standard InChI is InChI=1S/C28H31Cl2N3O4S/c1-31-28(35)26(18-21-9-4-3-5-10-21)32(20-22-11-6-12-23(29)17-22)27(34)15-8-16-33(38(2,36)37)25-14-7-13-24(30)19-25/h3-7,9-14,17,19,26H,8,15-16,18,20H2,1-2H3,(H,31,35)/t26-/m1/s1. The van der Waals surface area contributed by atoms with Gasteiger partial charge in [0.1, 0.15) is 6.04 Å². The zero-order chi connectivity index (χ0) is 27.7. The lowest BCUT2D eigenvalue weighted by Crippen LogP contribution is -2.49. The number of nitrogens with zero attached hydrogens (tertiary/aromatic N) is 2. The summed E-state index contributed by atoms with van der Waals surface area (Å²) in [5, 5.41) is 3.62. The number of anilines is 1. The maximum atomic E-state index is 13.6. The summed E-state index contributed by atoms with van der Waals surface area (Å²) in [5.41, 5.74) is 2.12. The molecule has 3 aromatic carbocycles. The maximum Gasteiger partial charge on any atom is 0.242 e. The summed E-state index contributed by atoms with van der Waals surface area (Å²) in [4.78, 5) is 28.2. The molecular formula is C28H31Cl2N3O4S. The van der Waals surface area contributed by atoms with E-state index in [4.69, 9.17) is 23.2 Å². The molecule has 0 saturated heterocycles. The molecule has 0 radical (unpaired) electrons. The highest BCUT2D eigenvalue weighted by Crippen LogP contribution is 2.23. The second kappa shape index (κ2) is 13.6. The third kappa shape index (κ3) is 8.48. The molecule has 0 spiro atoms. The summed E-state index contributed by atoms with van der Waals surface area (Å²) in [7, 11) is -2.07. The van der Waals surface area contributed by atoms with Crippen molar-refractivity contribution in [3.63, 3.8) is 0 Å². The third-order valence-corrected chi connectivity index (χ3v) is 7.67. The van der Waals surface area contributed by atoms with E-state index in [9.17, 15) is 18.0 Å². The number of carbonyl (C=O) groups excluding carboxylic acids is 2. The van der Waals surface area contributed by atoms with Crippen LogP contribution in [0.3, 0.4) is 0 Å². The van der Waals surface area contributed by atoms with Gasteiger partial charge in [0, 0.05) is 43.0 Å². The Hall–Kier alpha value is -3.07. The van der Waals surface area contributed by atoms with Gasteiger partial charge in [-0.25, -0.2) is 8.42 Å². The van der Waals surface area contributed by atoms with Gasteiger partial charge in [-0.2, -0.15) is 0 Å². The zero-order valence-electron chi connectivity index (χ0n) is 21.3. The fraction of sp³-hybridized carbons (Fsp3) is 0.286. The highest BCUT2D eigenvalue weighted by Gasteiger charge is 2.30. The fourth-order valence-electron chi connectivity index (χ4n) is 4.19. The summed E-state index contributed by atoms with van der Waals surface area (Å²) < 4.78 is 26.2. The van der Waals surface area contributed by atoms with Crippen molar-refractivity contribution in [3.8, 4) is 0 Å². The number of halogens is 2. The predicted molar refractivity (Wildman–Crippen MR) is 153 cm³/mol. The van der Waals surface area contributed by atoms with E-state index in [1.54, 1.807) is 47.4 Å². The Balaban J connectivity index is 1.84. The minimum absolute atomic E-state index is 0.0371. The highest BCUT2D eigenvalue weighted by atomic mass is 35.5. The predicted octanol–water partition coefficient (Wildman–Crippen LogP) is 4.93. The van der Waals surface area contributed by atoms with E-state index in [0.29, 0.717) is 22.2 Å². The number of rotatable bonds is 12. The monoisotopic (exact) mass is 575 g/mol. The lowest BCUT2D eigenvalue weighted by atomic mass is 10.0. The number of hydrogen-bond acceptors (Lipinski definition) is 4. The molecule has 2 amide bonds. The van der Waals surface area contributed by atoms with Crippen LogP contribution in [0.5, 0.6) is 0 Å². The first-order valence-corrected chi connectivity index (χ1v) is 14.7. The Kier molecular flexibility index (Phi) is 10.6. The number of carbonyl (C=O) groups is 2. The molecule has 1 atom stereocenters. The Bertz CT molecular complexity index is 1350. The normalized spacial score (nSPS) is 12.0. The average Bonchev–Trinajstić information content (AvgIpc) is 2.88. The van der Waals surface area contributed by atoms with E-state index in [0.717, 1.165) is 17.4 Å². The van der Waals surface area contributed by atoms with Crippen molar-refractivity contribution in [1.29, 1.82) is 0 Å². The van der Waals surface area contributed by atoms with Crippen molar-refractivity contribution < 1.29 is 18.0 Å². The second-order valence-corrected chi connectivity index (χ2v) is 11.7. The van der Waals surface area contributed by atoms with Gasteiger partial charge < -0.3 is 10.2 Å². The van der Waals surface area contributed by atoms with Gasteiger partial charge in [-0.15, -0.1) is 0 Å². The third-order valence-electron chi connectivity index (χ3n) is 6.01. The summed E-state index contributed by atoms with van der Waals surface area (Å²) in [6.45, 7) is 0.258. The van der Waals surface area contributed by atoms with Crippen molar-refractivity contribution in [2.45, 2.75) is 31.8 Å². The van der Waals surface area contributed by atoms with E-state index in [1.807, 2.05) is 36.4 Å². The van der Waals surface area contributed by atoms with Crippen LogP contribution in [0, 0.1) is 0 Å². The van der Waals surface area contributed by atoms with Gasteiger partial charge in [-0.05, 0) is 47.9 Å². The smallest absolute Gasteiger partial charge is 0.242 e. The van der Waals surface area contributed by atoms with Gasteiger partial charge in [0.2, 0.25) is 21.8 Å². The molecule has 10 heteroatoms. The molecule has 3 aromatic rings. The molecule has 0 saturated carbocycles. The number of benzene rings is 3. The Morgan fingerprint density at radius 1 is 0.895 bits per heavy atom. The van der Waals surface area contributed by atoms with Crippen LogP contribution in [0.15, 0.2) is 78.9 Å². The van der Waals surface area contributed by atoms with Gasteiger partial charge in [0.15, 0.2) is 0 Å². The Morgan fingerprint density at radius 3 is 2.13 bits per heavy atom. The summed E-state index contributed by atoms with van der Waals surface area (Å²) in [6.07, 6.45) is 1.72. The van der Waals surface area contributed by atoms with E-state index in [1.165, 1.54) is 11.4 Å². The van der Waals surface area contributed by atoms with Crippen molar-refractivity contribution in [2.24, 2.45) is 0 Å². The summed E-state index contributed by atoms with van der Waals surface area (Å²) in [5.74, 6) is -0.560. The molecule has 3 rings (SSSR count). The van der Waals surface area contributed by atoms with Crippen molar-refractivity contribution in [1.82, 2.24) is 10.2 Å². The number of sulfonamides is 1. The van der Waals surface area contributed by atoms with Crippen molar-refractivity contribution in [2.75, 3.05) is 24.2 Å². The molecule has 38 heavy (non-hydrogen) atoms. The molecule has 0 unspecified atom stereocenters. The molecular weight excluding hydrogens is 545 g/mol. The number of likely N-dealkylation sites (N-methyl/N-ethyl adjacent to an activating group) is 1. The summed E-state index contributed by atoms with van der Waals surface area (Å²) in [6, 6.07) is 22.4. The first-order valence-electron chi connectivity index (χ1n) is 12.1. The SMILES string of the molecule is CNC(=O)[C@@H](Cc1ccccc1)N(Cc1cccc(Cl)c1)C(=O)CCCN(c1cccc(Cl)c1)S(C)(=O)=O. The molecule has 0 aliphatic carbocycles. The van der Waals surface area contributed by atoms with E-state index in [-0.39, 0.29) is 37.7 Å². The number of amides is 2. The van der Waals surface area contributed by atoms with Gasteiger partial charge in [-0.3, -0.25) is 13.9 Å². The molecule has 0 aromatic heterocycles. The van der Waals surface area contributed by atoms with Crippen LogP contribution < -0.4 is 9.62 Å². The zero-order valence-corrected chi connectivity index (χ0v) is 23.6. The van der Waals surface area contributed by atoms with Gasteiger partial charge in [-0.1, -0.05) is 71.7 Å². The molecule has 0 heterocycles. The maximum absolute atomic E-state index is 13.6. The van der Waals surface area contributed by atoms with Crippen LogP contribution in [0.1, 0.15) is 24.0 Å². The Labute approximate surface area is 234 Å². The number of nitrogens with one attached hydrogen (secondary N) is 1. The lowest BCUT2D eigenvalue weighted by molar-refractivity contribution is -0.141. The summed E-state index contributed by atoms with van der Waals surface area (Å²) >= 11 is 12.3. The van der Waals surface area contributed by atoms with E-state index in [2.05, 4.69) is 5.32 Å². The minimum Gasteiger partial charge on any atom is -0.357 e. The fourth-order valence-corrected chi connectivity index (χ4v) is 5.54. The molecule has 0 aliphatic rings. The van der Waals surface area contributed by atoms with Crippen LogP contribution >= 0.6 is 23.2 Å². The minimum atomic E-state index is -3.61. The van der Waals surface area contributed by atoms with Crippen LogP contribution in [0.2, 0.25) is 10.0 Å². The lowest BCUT2D eigenvalue weighted by Gasteiger charge is -2.31. The van der Waals surface area contributed by atoms with Crippen LogP contribution in [0.4, 0.5) is 5.69 Å². The van der Waals surface area contributed by atoms with E-state index < -0.39 is 16.1 Å². The quantitative estimate of drug-likeness (QED) is 0.332. The number of hydrogen-bond donors (Lipinski definition) is 1. The van der Waals surface area contributed by atoms with Gasteiger partial charge in [0.25, 0.3) is 0 Å². The van der Waals surface area contributed by atoms with Gasteiger partial charge in [0.05, 0.1) is 11.9 Å². The largest absolute Gasteiger partial charge is 0.357 e. The average molecular weight is 577 g/mol. The molecule has 7 nitrogen and oxygen atoms in total. The second-order valence-electron chi connectivity index (χ2n) is 8.89. The highest BCUT2D eigenvalue weighted by molar-refractivity contribution is 7.92. The van der Waals surface area contributed by atoms with Gasteiger partial charge >= 0.3 is 0 Å². The topological polar surface area (TPSA) is 86.8 Å². The first-order chi connectivity index (χ1) is 18.1. The van der Waals surface area contributed by atoms with Crippen molar-refractivity contribution in [3.05, 3.63) is 100 Å². The molecule has 1 N–H and O–H groups in total. The van der Waals surface area contributed by atoms with Crippen LogP contribution in [0.25, 0.3) is 0 Å². The molecule has 0 aliphatic heterocycles. The molecule has 0 fully saturated rings. The van der Waals surface area contributed by atoms with Crippen molar-refractivity contribution >= 4 is 50.7 Å². The first kappa shape index (κ1) is 29.5.